The van der Waals surface area contributed by atoms with Crippen molar-refractivity contribution in [1.82, 2.24) is 9.55 Å². The number of anilines is 1. The molecule has 7 heteroatoms. The average molecular weight is 448 g/mol. The second kappa shape index (κ2) is 10.2. The largest absolute Gasteiger partial charge is 0.497 e. The molecule has 6 nitrogen and oxygen atoms in total. The van der Waals surface area contributed by atoms with Gasteiger partial charge in [0.15, 0.2) is 5.16 Å². The maximum Gasteiger partial charge on any atom is 0.234 e. The van der Waals surface area contributed by atoms with E-state index in [1.807, 2.05) is 66.9 Å². The molecule has 0 saturated carbocycles. The van der Waals surface area contributed by atoms with Crippen LogP contribution in [0.15, 0.2) is 82.7 Å². The molecule has 0 aliphatic rings. The molecule has 0 atom stereocenters. The number of nitrogens with zero attached hydrogens (tertiary/aromatic N) is 2. The summed E-state index contributed by atoms with van der Waals surface area (Å²) in [6.07, 6.45) is 4.35. The number of benzene rings is 2. The predicted molar refractivity (Wildman–Crippen MR) is 127 cm³/mol. The van der Waals surface area contributed by atoms with E-state index in [0.717, 1.165) is 45.6 Å². The molecule has 2 heterocycles. The van der Waals surface area contributed by atoms with Gasteiger partial charge in [-0.15, -0.1) is 0 Å². The molecule has 1 amide bonds. The minimum Gasteiger partial charge on any atom is -0.497 e. The van der Waals surface area contributed by atoms with Crippen molar-refractivity contribution in [2.45, 2.75) is 25.0 Å². The summed E-state index contributed by atoms with van der Waals surface area (Å²) in [5.41, 5.74) is 3.94. The van der Waals surface area contributed by atoms with Crippen molar-refractivity contribution in [2.75, 3.05) is 18.2 Å². The Kier molecular flexibility index (Phi) is 6.97. The number of hydrogen-bond donors (Lipinski definition) is 1. The lowest BCUT2D eigenvalue weighted by molar-refractivity contribution is -0.113. The topological polar surface area (TPSA) is 69.3 Å². The van der Waals surface area contributed by atoms with E-state index >= 15 is 0 Å². The Morgan fingerprint density at radius 2 is 1.94 bits per heavy atom. The SMILES string of the molecule is CCc1ccccc1NC(=O)CSc1ncc(-c2ccc(OC)cc2)n1Cc1ccco1. The number of aryl methyl sites for hydroxylation is 1. The molecule has 2 aromatic heterocycles. The van der Waals surface area contributed by atoms with Crippen LogP contribution in [0.4, 0.5) is 5.69 Å². The normalized spacial score (nSPS) is 10.8. The molecule has 4 aromatic rings. The van der Waals surface area contributed by atoms with E-state index in [4.69, 9.17) is 9.15 Å². The number of carbonyl (C=O) groups is 1. The molecule has 164 valence electrons. The fourth-order valence-electron chi connectivity index (χ4n) is 3.44. The molecule has 4 rings (SSSR count). The van der Waals surface area contributed by atoms with Gasteiger partial charge in [-0.1, -0.05) is 36.9 Å². The van der Waals surface area contributed by atoms with Gasteiger partial charge in [-0.2, -0.15) is 0 Å². The molecule has 1 N–H and O–H groups in total. The van der Waals surface area contributed by atoms with Crippen molar-refractivity contribution in [1.29, 1.82) is 0 Å². The van der Waals surface area contributed by atoms with Crippen LogP contribution in [0.25, 0.3) is 11.3 Å². The van der Waals surface area contributed by atoms with Crippen molar-refractivity contribution in [3.63, 3.8) is 0 Å². The summed E-state index contributed by atoms with van der Waals surface area (Å²) in [6.45, 7) is 2.60. The first-order valence-corrected chi connectivity index (χ1v) is 11.4. The van der Waals surface area contributed by atoms with E-state index < -0.39 is 0 Å². The summed E-state index contributed by atoms with van der Waals surface area (Å²) in [4.78, 5) is 17.2. The van der Waals surface area contributed by atoms with Crippen molar-refractivity contribution in [2.24, 2.45) is 0 Å². The quantitative estimate of drug-likeness (QED) is 0.344. The summed E-state index contributed by atoms with van der Waals surface area (Å²) in [7, 11) is 1.65. The van der Waals surface area contributed by atoms with Gasteiger partial charge in [0.2, 0.25) is 5.91 Å². The van der Waals surface area contributed by atoms with Crippen LogP contribution in [-0.2, 0) is 17.8 Å². The molecular weight excluding hydrogens is 422 g/mol. The lowest BCUT2D eigenvalue weighted by Crippen LogP contribution is -2.16. The summed E-state index contributed by atoms with van der Waals surface area (Å²) in [5, 5.41) is 3.77. The Labute approximate surface area is 191 Å². The van der Waals surface area contributed by atoms with E-state index in [1.165, 1.54) is 11.8 Å². The van der Waals surface area contributed by atoms with E-state index in [2.05, 4.69) is 21.8 Å². The lowest BCUT2D eigenvalue weighted by Gasteiger charge is -2.12. The number of aromatic nitrogens is 2. The van der Waals surface area contributed by atoms with E-state index in [9.17, 15) is 4.79 Å². The molecule has 0 radical (unpaired) electrons. The van der Waals surface area contributed by atoms with Crippen molar-refractivity contribution >= 4 is 23.4 Å². The monoisotopic (exact) mass is 447 g/mol. The minimum atomic E-state index is -0.0607. The molecule has 0 saturated heterocycles. The molecule has 0 aliphatic carbocycles. The van der Waals surface area contributed by atoms with Gasteiger partial charge in [0.25, 0.3) is 0 Å². The number of furan rings is 1. The number of imidazole rings is 1. The highest BCUT2D eigenvalue weighted by atomic mass is 32.2. The Balaban J connectivity index is 1.53. The van der Waals surface area contributed by atoms with Gasteiger partial charge in [0.1, 0.15) is 11.5 Å². The van der Waals surface area contributed by atoms with E-state index in [1.54, 1.807) is 13.4 Å². The summed E-state index contributed by atoms with van der Waals surface area (Å²) in [5.74, 6) is 1.81. The van der Waals surface area contributed by atoms with Crippen LogP contribution in [0, 0.1) is 0 Å². The third-order valence-electron chi connectivity index (χ3n) is 5.10. The molecule has 0 fully saturated rings. The van der Waals surface area contributed by atoms with Gasteiger partial charge in [-0.3, -0.25) is 4.79 Å². The van der Waals surface area contributed by atoms with E-state index in [0.29, 0.717) is 6.54 Å². The van der Waals surface area contributed by atoms with Crippen molar-refractivity contribution in [3.8, 4) is 17.0 Å². The predicted octanol–water partition coefficient (Wildman–Crippen LogP) is 5.49. The molecule has 0 unspecified atom stereocenters. The van der Waals surface area contributed by atoms with Crippen molar-refractivity contribution in [3.05, 3.63) is 84.4 Å². The highest BCUT2D eigenvalue weighted by Crippen LogP contribution is 2.29. The van der Waals surface area contributed by atoms with Crippen LogP contribution in [0.1, 0.15) is 18.2 Å². The van der Waals surface area contributed by atoms with Gasteiger partial charge < -0.3 is 19.0 Å². The minimum absolute atomic E-state index is 0.0607. The fourth-order valence-corrected chi connectivity index (χ4v) is 4.22. The van der Waals surface area contributed by atoms with Gasteiger partial charge in [0.05, 0.1) is 37.6 Å². The number of rotatable bonds is 9. The smallest absolute Gasteiger partial charge is 0.234 e. The first kappa shape index (κ1) is 21.8. The molecule has 2 aromatic carbocycles. The zero-order chi connectivity index (χ0) is 22.3. The maximum absolute atomic E-state index is 12.6. The molecule has 32 heavy (non-hydrogen) atoms. The van der Waals surface area contributed by atoms with Crippen molar-refractivity contribution < 1.29 is 13.9 Å². The summed E-state index contributed by atoms with van der Waals surface area (Å²) in [6, 6.07) is 19.5. The number of carbonyl (C=O) groups excluding carboxylic acids is 1. The van der Waals surface area contributed by atoms with E-state index in [-0.39, 0.29) is 11.7 Å². The van der Waals surface area contributed by atoms with Crippen LogP contribution < -0.4 is 10.1 Å². The van der Waals surface area contributed by atoms with Gasteiger partial charge >= 0.3 is 0 Å². The van der Waals surface area contributed by atoms with Crippen LogP contribution in [0.5, 0.6) is 5.75 Å². The first-order chi connectivity index (χ1) is 15.7. The fraction of sp³-hybridized carbons (Fsp3) is 0.200. The number of thioether (sulfide) groups is 1. The summed E-state index contributed by atoms with van der Waals surface area (Å²) < 4.78 is 12.9. The number of ether oxygens (including phenoxy) is 1. The Bertz CT molecular complexity index is 1170. The highest BCUT2D eigenvalue weighted by molar-refractivity contribution is 7.99. The van der Waals surface area contributed by atoms with Crippen LogP contribution in [-0.4, -0.2) is 28.3 Å². The van der Waals surface area contributed by atoms with Gasteiger partial charge in [-0.05, 0) is 54.4 Å². The molecule has 0 spiro atoms. The Morgan fingerprint density at radius 1 is 1.12 bits per heavy atom. The first-order valence-electron chi connectivity index (χ1n) is 10.4. The third-order valence-corrected chi connectivity index (χ3v) is 6.09. The molecular formula is C25H25N3O3S. The average Bonchev–Trinajstić information content (AvgIpc) is 3.48. The maximum atomic E-state index is 12.6. The Hall–Kier alpha value is -3.45. The second-order valence-electron chi connectivity index (χ2n) is 7.17. The zero-order valence-electron chi connectivity index (χ0n) is 18.1. The molecule has 0 aliphatic heterocycles. The zero-order valence-corrected chi connectivity index (χ0v) is 18.9. The van der Waals surface area contributed by atoms with Crippen LogP contribution >= 0.6 is 11.8 Å². The third kappa shape index (κ3) is 5.06. The van der Waals surface area contributed by atoms with Crippen LogP contribution in [0.3, 0.4) is 0 Å². The lowest BCUT2D eigenvalue weighted by atomic mass is 10.1. The number of nitrogens with one attached hydrogen (secondary N) is 1. The number of methoxy groups -OCH3 is 1. The number of amides is 1. The molecule has 0 bridgehead atoms. The Morgan fingerprint density at radius 3 is 2.66 bits per heavy atom. The van der Waals surface area contributed by atoms with Crippen LogP contribution in [0.2, 0.25) is 0 Å². The standard InChI is InChI=1S/C25H25N3O3S/c1-3-18-7-4-5-9-22(18)27-24(29)17-32-25-26-15-23(19-10-12-20(30-2)13-11-19)28(25)16-21-8-6-14-31-21/h4-15H,3,16-17H2,1-2H3,(H,27,29). The highest BCUT2D eigenvalue weighted by Gasteiger charge is 2.16. The second-order valence-corrected chi connectivity index (χ2v) is 8.11. The van der Waals surface area contributed by atoms with Gasteiger partial charge in [-0.25, -0.2) is 4.98 Å². The number of para-hydroxylation sites is 1. The van der Waals surface area contributed by atoms with Gasteiger partial charge in [0, 0.05) is 11.3 Å². The summed E-state index contributed by atoms with van der Waals surface area (Å²) >= 11 is 1.41. The number of hydrogen-bond acceptors (Lipinski definition) is 5.